The first-order chi connectivity index (χ1) is 12.8. The molecule has 0 radical (unpaired) electrons. The summed E-state index contributed by atoms with van der Waals surface area (Å²) in [5, 5.41) is 5.31. The molecule has 2 amide bonds. The molecular formula is C19H21N3O4S. The van der Waals surface area contributed by atoms with Crippen molar-refractivity contribution in [3.05, 3.63) is 72.3 Å². The second kappa shape index (κ2) is 8.61. The molecule has 0 aliphatic carbocycles. The van der Waals surface area contributed by atoms with E-state index in [4.69, 9.17) is 0 Å². The van der Waals surface area contributed by atoms with Crippen LogP contribution in [0.25, 0.3) is 0 Å². The number of sulfonamides is 1. The van der Waals surface area contributed by atoms with Crippen molar-refractivity contribution in [2.24, 2.45) is 0 Å². The lowest BCUT2D eigenvalue weighted by Gasteiger charge is -2.13. The number of carbonyl (C=O) groups is 2. The molecule has 0 bridgehead atoms. The van der Waals surface area contributed by atoms with Crippen molar-refractivity contribution in [1.29, 1.82) is 0 Å². The van der Waals surface area contributed by atoms with Crippen molar-refractivity contribution in [3.8, 4) is 0 Å². The summed E-state index contributed by atoms with van der Waals surface area (Å²) >= 11 is 0. The Bertz CT molecular complexity index is 968. The van der Waals surface area contributed by atoms with Gasteiger partial charge in [0.05, 0.1) is 16.1 Å². The maximum Gasteiger partial charge on any atom is 0.255 e. The fourth-order valence-electron chi connectivity index (χ4n) is 2.25. The number of carbonyl (C=O) groups excluding carboxylic acids is 2. The Balaban J connectivity index is 2.29. The molecule has 0 saturated carbocycles. The lowest BCUT2D eigenvalue weighted by molar-refractivity contribution is 0.0959. The molecule has 0 saturated heterocycles. The molecule has 0 aromatic heterocycles. The van der Waals surface area contributed by atoms with Crippen LogP contribution >= 0.6 is 0 Å². The van der Waals surface area contributed by atoms with E-state index < -0.39 is 15.9 Å². The van der Waals surface area contributed by atoms with Gasteiger partial charge in [0.1, 0.15) is 0 Å². The van der Waals surface area contributed by atoms with Crippen molar-refractivity contribution in [1.82, 2.24) is 9.62 Å². The van der Waals surface area contributed by atoms with Gasteiger partial charge in [0.15, 0.2) is 0 Å². The Morgan fingerprint density at radius 3 is 2.44 bits per heavy atom. The predicted octanol–water partition coefficient (Wildman–Crippen LogP) is 2.10. The molecule has 0 spiro atoms. The molecule has 2 aromatic rings. The molecule has 0 heterocycles. The highest BCUT2D eigenvalue weighted by atomic mass is 32.2. The molecule has 2 N–H and O–H groups in total. The van der Waals surface area contributed by atoms with E-state index in [1.54, 1.807) is 30.3 Å². The van der Waals surface area contributed by atoms with E-state index in [0.29, 0.717) is 17.8 Å². The topological polar surface area (TPSA) is 95.6 Å². The van der Waals surface area contributed by atoms with Crippen LogP contribution in [0.2, 0.25) is 0 Å². The monoisotopic (exact) mass is 387 g/mol. The van der Waals surface area contributed by atoms with Crippen molar-refractivity contribution >= 4 is 27.5 Å². The largest absolute Gasteiger partial charge is 0.349 e. The SMILES string of the molecule is C=CCNC(=O)c1ccccc1NC(=O)c1cccc(S(=O)(=O)N(C)C)c1. The van der Waals surface area contributed by atoms with Gasteiger partial charge < -0.3 is 10.6 Å². The molecule has 0 fully saturated rings. The Labute approximate surface area is 158 Å². The van der Waals surface area contributed by atoms with Gasteiger partial charge in [-0.15, -0.1) is 6.58 Å². The molecule has 8 heteroatoms. The van der Waals surface area contributed by atoms with E-state index in [1.807, 2.05) is 0 Å². The van der Waals surface area contributed by atoms with Crippen LogP contribution in [0.3, 0.4) is 0 Å². The first-order valence-electron chi connectivity index (χ1n) is 8.09. The van der Waals surface area contributed by atoms with Crippen molar-refractivity contribution in [2.45, 2.75) is 4.90 Å². The number of amides is 2. The lowest BCUT2D eigenvalue weighted by Crippen LogP contribution is -2.25. The van der Waals surface area contributed by atoms with Crippen molar-refractivity contribution < 1.29 is 18.0 Å². The van der Waals surface area contributed by atoms with E-state index in [-0.39, 0.29) is 16.4 Å². The van der Waals surface area contributed by atoms with Gasteiger partial charge in [-0.05, 0) is 30.3 Å². The summed E-state index contributed by atoms with van der Waals surface area (Å²) in [5.41, 5.74) is 0.786. The van der Waals surface area contributed by atoms with Gasteiger partial charge >= 0.3 is 0 Å². The molecule has 0 aliphatic heterocycles. The summed E-state index contributed by atoms with van der Waals surface area (Å²) in [6.07, 6.45) is 1.55. The third-order valence-electron chi connectivity index (χ3n) is 3.70. The Kier molecular flexibility index (Phi) is 6.49. The fraction of sp³-hybridized carbons (Fsp3) is 0.158. The third-order valence-corrected chi connectivity index (χ3v) is 5.51. The molecule has 2 aromatic carbocycles. The highest BCUT2D eigenvalue weighted by molar-refractivity contribution is 7.89. The molecule has 142 valence electrons. The standard InChI is InChI=1S/C19H21N3O4S/c1-4-12-20-19(24)16-10-5-6-11-17(16)21-18(23)14-8-7-9-15(13-14)27(25,26)22(2)3/h4-11,13H,1,12H2,2-3H3,(H,20,24)(H,21,23). The first kappa shape index (κ1) is 20.3. The fourth-order valence-corrected chi connectivity index (χ4v) is 3.20. The van der Waals surface area contributed by atoms with Gasteiger partial charge in [0.25, 0.3) is 11.8 Å². The van der Waals surface area contributed by atoms with E-state index in [2.05, 4.69) is 17.2 Å². The van der Waals surface area contributed by atoms with Gasteiger partial charge in [0.2, 0.25) is 10.0 Å². The maximum atomic E-state index is 12.6. The number of rotatable bonds is 7. The van der Waals surface area contributed by atoms with Crippen LogP contribution in [0.1, 0.15) is 20.7 Å². The summed E-state index contributed by atoms with van der Waals surface area (Å²) in [7, 11) is -0.824. The molecular weight excluding hydrogens is 366 g/mol. The summed E-state index contributed by atoms with van der Waals surface area (Å²) in [4.78, 5) is 24.8. The van der Waals surface area contributed by atoms with Crippen LogP contribution in [0.5, 0.6) is 0 Å². The normalized spacial score (nSPS) is 11.1. The van der Waals surface area contributed by atoms with Gasteiger partial charge in [-0.3, -0.25) is 9.59 Å². The number of nitrogens with one attached hydrogen (secondary N) is 2. The van der Waals surface area contributed by atoms with Gasteiger partial charge in [0, 0.05) is 26.2 Å². The predicted molar refractivity (Wildman–Crippen MR) is 104 cm³/mol. The minimum atomic E-state index is -3.66. The molecule has 0 unspecified atom stereocenters. The average molecular weight is 387 g/mol. The van der Waals surface area contributed by atoms with Gasteiger partial charge in [-0.25, -0.2) is 12.7 Å². The molecule has 0 atom stereocenters. The highest BCUT2D eigenvalue weighted by Gasteiger charge is 2.19. The van der Waals surface area contributed by atoms with E-state index in [1.165, 1.54) is 38.4 Å². The number of nitrogens with zero attached hydrogens (tertiary/aromatic N) is 1. The summed E-state index contributed by atoms with van der Waals surface area (Å²) in [6, 6.07) is 12.3. The van der Waals surface area contributed by atoms with E-state index in [0.717, 1.165) is 4.31 Å². The quantitative estimate of drug-likeness (QED) is 0.711. The molecule has 7 nitrogen and oxygen atoms in total. The Hall–Kier alpha value is -2.97. The Morgan fingerprint density at radius 2 is 1.78 bits per heavy atom. The van der Waals surface area contributed by atoms with Crippen LogP contribution in [0.4, 0.5) is 5.69 Å². The number of hydrogen-bond acceptors (Lipinski definition) is 4. The molecule has 0 aliphatic rings. The number of para-hydroxylation sites is 1. The van der Waals surface area contributed by atoms with Crippen molar-refractivity contribution in [2.75, 3.05) is 26.0 Å². The van der Waals surface area contributed by atoms with Crippen molar-refractivity contribution in [3.63, 3.8) is 0 Å². The zero-order valence-corrected chi connectivity index (χ0v) is 15.9. The van der Waals surface area contributed by atoms with Crippen LogP contribution in [0.15, 0.2) is 66.1 Å². The summed E-state index contributed by atoms with van der Waals surface area (Å²) in [5.74, 6) is -0.871. The van der Waals surface area contributed by atoms with Gasteiger partial charge in [-0.1, -0.05) is 24.3 Å². The minimum absolute atomic E-state index is 0.0113. The Morgan fingerprint density at radius 1 is 1.07 bits per heavy atom. The number of anilines is 1. The number of benzene rings is 2. The summed E-state index contributed by atoms with van der Waals surface area (Å²) in [6.45, 7) is 3.84. The zero-order valence-electron chi connectivity index (χ0n) is 15.1. The minimum Gasteiger partial charge on any atom is -0.349 e. The van der Waals surface area contributed by atoms with Gasteiger partial charge in [-0.2, -0.15) is 0 Å². The lowest BCUT2D eigenvalue weighted by atomic mass is 10.1. The maximum absolute atomic E-state index is 12.6. The van der Waals surface area contributed by atoms with Crippen LogP contribution < -0.4 is 10.6 Å². The van der Waals surface area contributed by atoms with E-state index >= 15 is 0 Å². The second-order valence-electron chi connectivity index (χ2n) is 5.81. The molecule has 2 rings (SSSR count). The third kappa shape index (κ3) is 4.81. The molecule has 27 heavy (non-hydrogen) atoms. The zero-order chi connectivity index (χ0) is 20.0. The van der Waals surface area contributed by atoms with Crippen LogP contribution in [0, 0.1) is 0 Å². The van der Waals surface area contributed by atoms with E-state index in [9.17, 15) is 18.0 Å². The number of hydrogen-bond donors (Lipinski definition) is 2. The second-order valence-corrected chi connectivity index (χ2v) is 7.97. The highest BCUT2D eigenvalue weighted by Crippen LogP contribution is 2.19. The van der Waals surface area contributed by atoms with Crippen LogP contribution in [-0.4, -0.2) is 45.2 Å². The summed E-state index contributed by atoms with van der Waals surface area (Å²) < 4.78 is 25.6. The first-order valence-corrected chi connectivity index (χ1v) is 9.53. The van der Waals surface area contributed by atoms with Crippen LogP contribution in [-0.2, 0) is 10.0 Å². The smallest absolute Gasteiger partial charge is 0.255 e. The average Bonchev–Trinajstić information content (AvgIpc) is 2.66.